The van der Waals surface area contributed by atoms with Crippen molar-refractivity contribution < 1.29 is 9.52 Å². The van der Waals surface area contributed by atoms with Gasteiger partial charge in [0, 0.05) is 37.2 Å². The molecule has 1 heterocycles. The Hall–Kier alpha value is -3.65. The van der Waals surface area contributed by atoms with Gasteiger partial charge in [0.15, 0.2) is 0 Å². The van der Waals surface area contributed by atoms with Crippen molar-refractivity contribution in [3.63, 3.8) is 0 Å². The lowest BCUT2D eigenvalue weighted by molar-refractivity contribution is 0.199. The Bertz CT molecular complexity index is 1280. The summed E-state index contributed by atoms with van der Waals surface area (Å²) in [5, 5.41) is 20.2. The van der Waals surface area contributed by atoms with Crippen molar-refractivity contribution >= 4 is 22.6 Å². The first-order valence-electron chi connectivity index (χ1n) is 12.7. The summed E-state index contributed by atoms with van der Waals surface area (Å²) >= 11 is 0. The lowest BCUT2D eigenvalue weighted by Gasteiger charge is -2.34. The average Bonchev–Trinajstić information content (AvgIpc) is 2.83. The van der Waals surface area contributed by atoms with E-state index in [9.17, 15) is 9.90 Å². The third-order valence-corrected chi connectivity index (χ3v) is 6.25. The van der Waals surface area contributed by atoms with Gasteiger partial charge in [-0.1, -0.05) is 70.2 Å². The van der Waals surface area contributed by atoms with Gasteiger partial charge < -0.3 is 25.9 Å². The predicted octanol–water partition coefficient (Wildman–Crippen LogP) is 4.51. The highest BCUT2D eigenvalue weighted by molar-refractivity contribution is 5.89. The van der Waals surface area contributed by atoms with Crippen molar-refractivity contribution in [2.24, 2.45) is 39.4 Å². The molecule has 0 bridgehead atoms. The molecule has 0 radical (unpaired) electrons. The number of nitrogens with zero attached hydrogens (tertiary/aromatic N) is 3. The number of para-hydroxylation sites is 1. The number of nitrogens with two attached hydrogens (primary N) is 2. The summed E-state index contributed by atoms with van der Waals surface area (Å²) in [5.74, 6) is -0.254. The first-order chi connectivity index (χ1) is 17.6. The summed E-state index contributed by atoms with van der Waals surface area (Å²) in [7, 11) is 0. The highest BCUT2D eigenvalue weighted by Crippen LogP contribution is 2.39. The van der Waals surface area contributed by atoms with Gasteiger partial charge in [-0.25, -0.2) is 4.79 Å². The van der Waals surface area contributed by atoms with Gasteiger partial charge in [-0.2, -0.15) is 5.10 Å². The van der Waals surface area contributed by atoms with Gasteiger partial charge in [0.2, 0.25) is 5.96 Å². The molecule has 0 saturated carbocycles. The molecular weight excluding hydrogens is 466 g/mol. The SMILES string of the molecule is C/C(=N\N=C(N)N)C(CN(CC(C)C)CC(C)C)C(c1ccccc1)c1c(O)c2ccccc2oc1=O. The molecule has 5 N–H and O–H groups in total. The topological polar surface area (TPSA) is 130 Å². The summed E-state index contributed by atoms with van der Waals surface area (Å²) in [6, 6.07) is 16.7. The zero-order valence-corrected chi connectivity index (χ0v) is 22.4. The van der Waals surface area contributed by atoms with Crippen LogP contribution in [0.15, 0.2) is 74.0 Å². The Kier molecular flexibility index (Phi) is 9.47. The molecule has 8 heteroatoms. The first kappa shape index (κ1) is 27.9. The standard InChI is InChI=1S/C29H39N5O3/c1-18(2)15-34(16-19(3)4)17-23(20(5)32-33-29(30)31)25(21-11-7-6-8-12-21)26-27(35)22-13-9-10-14-24(22)37-28(26)36/h6-14,18-19,23,25,35H,15-17H2,1-5H3,(H4,30,31,33)/b32-20+. The minimum atomic E-state index is -0.580. The molecule has 0 saturated heterocycles. The van der Waals surface area contributed by atoms with Crippen LogP contribution in [0, 0.1) is 17.8 Å². The van der Waals surface area contributed by atoms with Gasteiger partial charge in [-0.05, 0) is 36.5 Å². The third-order valence-electron chi connectivity index (χ3n) is 6.25. The fourth-order valence-electron chi connectivity index (χ4n) is 4.91. The number of hydrogen-bond acceptors (Lipinski definition) is 6. The van der Waals surface area contributed by atoms with E-state index in [1.54, 1.807) is 24.3 Å². The smallest absolute Gasteiger partial charge is 0.343 e. The van der Waals surface area contributed by atoms with E-state index in [1.807, 2.05) is 37.3 Å². The Balaban J connectivity index is 2.28. The molecule has 8 nitrogen and oxygen atoms in total. The molecule has 0 amide bonds. The molecule has 0 aliphatic rings. The fraction of sp³-hybridized carbons (Fsp3) is 0.414. The first-order valence-corrected chi connectivity index (χ1v) is 12.7. The number of guanidine groups is 1. The molecule has 0 fully saturated rings. The molecule has 37 heavy (non-hydrogen) atoms. The van der Waals surface area contributed by atoms with Gasteiger partial charge in [0.1, 0.15) is 11.3 Å². The summed E-state index contributed by atoms with van der Waals surface area (Å²) in [6.45, 7) is 12.9. The quantitative estimate of drug-likeness (QED) is 0.152. The molecule has 3 aromatic rings. The van der Waals surface area contributed by atoms with Crippen molar-refractivity contribution in [3.05, 3.63) is 76.1 Å². The number of benzene rings is 2. The number of hydrogen-bond donors (Lipinski definition) is 3. The molecule has 198 valence electrons. The summed E-state index contributed by atoms with van der Waals surface area (Å²) in [5.41, 5.74) is 12.6. The molecular formula is C29H39N5O3. The maximum Gasteiger partial charge on any atom is 0.343 e. The Morgan fingerprint density at radius 3 is 2.11 bits per heavy atom. The zero-order valence-electron chi connectivity index (χ0n) is 22.4. The lowest BCUT2D eigenvalue weighted by atomic mass is 9.78. The molecule has 0 aliphatic carbocycles. The van der Waals surface area contributed by atoms with Crippen molar-refractivity contribution in [1.82, 2.24) is 4.90 Å². The van der Waals surface area contributed by atoms with E-state index in [4.69, 9.17) is 15.9 Å². The van der Waals surface area contributed by atoms with E-state index >= 15 is 0 Å². The van der Waals surface area contributed by atoms with Crippen LogP contribution in [-0.4, -0.2) is 41.3 Å². The van der Waals surface area contributed by atoms with Gasteiger partial charge >= 0.3 is 5.63 Å². The predicted molar refractivity (Wildman–Crippen MR) is 151 cm³/mol. The number of fused-ring (bicyclic) bond motifs is 1. The normalized spacial score (nSPS) is 13.9. The maximum absolute atomic E-state index is 13.5. The Morgan fingerprint density at radius 2 is 1.51 bits per heavy atom. The molecule has 3 rings (SSSR count). The molecule has 1 aromatic heterocycles. The summed E-state index contributed by atoms with van der Waals surface area (Å²) < 4.78 is 5.70. The number of rotatable bonds is 11. The highest BCUT2D eigenvalue weighted by Gasteiger charge is 2.35. The van der Waals surface area contributed by atoms with Crippen LogP contribution < -0.4 is 17.1 Å². The van der Waals surface area contributed by atoms with Gasteiger partial charge in [-0.3, -0.25) is 0 Å². The molecule has 2 aromatic carbocycles. The summed E-state index contributed by atoms with van der Waals surface area (Å²) in [6.07, 6.45) is 0. The van der Waals surface area contributed by atoms with Gasteiger partial charge in [0.25, 0.3) is 0 Å². The monoisotopic (exact) mass is 505 g/mol. The molecule has 2 unspecified atom stereocenters. The minimum absolute atomic E-state index is 0.0837. The average molecular weight is 506 g/mol. The van der Waals surface area contributed by atoms with Gasteiger partial charge in [-0.15, -0.1) is 5.10 Å². The van der Waals surface area contributed by atoms with E-state index in [0.29, 0.717) is 35.1 Å². The summed E-state index contributed by atoms with van der Waals surface area (Å²) in [4.78, 5) is 15.8. The van der Waals surface area contributed by atoms with Crippen LogP contribution in [0.2, 0.25) is 0 Å². The van der Waals surface area contributed by atoms with Crippen molar-refractivity contribution in [2.45, 2.75) is 40.5 Å². The van der Waals surface area contributed by atoms with Crippen LogP contribution in [0.5, 0.6) is 5.75 Å². The van der Waals surface area contributed by atoms with E-state index in [-0.39, 0.29) is 23.2 Å². The second-order valence-corrected chi connectivity index (χ2v) is 10.4. The largest absolute Gasteiger partial charge is 0.507 e. The highest BCUT2D eigenvalue weighted by atomic mass is 16.4. The van der Waals surface area contributed by atoms with Crippen LogP contribution in [0.3, 0.4) is 0 Å². The fourth-order valence-corrected chi connectivity index (χ4v) is 4.91. The lowest BCUT2D eigenvalue weighted by Crippen LogP contribution is -2.40. The van der Waals surface area contributed by atoms with Gasteiger partial charge in [0.05, 0.1) is 10.9 Å². The van der Waals surface area contributed by atoms with Crippen molar-refractivity contribution in [2.75, 3.05) is 19.6 Å². The van der Waals surface area contributed by atoms with Crippen LogP contribution in [-0.2, 0) is 0 Å². The van der Waals surface area contributed by atoms with E-state index in [0.717, 1.165) is 18.7 Å². The maximum atomic E-state index is 13.5. The molecule has 0 aliphatic heterocycles. The van der Waals surface area contributed by atoms with Crippen molar-refractivity contribution in [1.29, 1.82) is 0 Å². The van der Waals surface area contributed by atoms with E-state index in [2.05, 4.69) is 42.8 Å². The second kappa shape index (κ2) is 12.5. The van der Waals surface area contributed by atoms with Crippen molar-refractivity contribution in [3.8, 4) is 5.75 Å². The zero-order chi connectivity index (χ0) is 27.1. The second-order valence-electron chi connectivity index (χ2n) is 10.4. The van der Waals surface area contributed by atoms with Crippen LogP contribution >= 0.6 is 0 Å². The Labute approximate surface area is 218 Å². The number of aromatic hydroxyl groups is 1. The molecule has 0 spiro atoms. The van der Waals surface area contributed by atoms with E-state index in [1.165, 1.54) is 0 Å². The third kappa shape index (κ3) is 7.20. The molecule has 2 atom stereocenters. The van der Waals surface area contributed by atoms with Crippen LogP contribution in [0.1, 0.15) is 51.7 Å². The van der Waals surface area contributed by atoms with Crippen LogP contribution in [0.4, 0.5) is 0 Å². The van der Waals surface area contributed by atoms with Crippen LogP contribution in [0.25, 0.3) is 11.0 Å². The van der Waals surface area contributed by atoms with E-state index < -0.39 is 11.5 Å². The Morgan fingerprint density at radius 1 is 0.919 bits per heavy atom. The minimum Gasteiger partial charge on any atom is -0.507 e.